The van der Waals surface area contributed by atoms with Crippen molar-refractivity contribution >= 4 is 27.5 Å². The first-order valence-electron chi connectivity index (χ1n) is 5.94. The fourth-order valence-electron chi connectivity index (χ4n) is 2.17. The Bertz CT molecular complexity index is 657. The topological polar surface area (TPSA) is 101 Å². The van der Waals surface area contributed by atoms with Crippen molar-refractivity contribution in [3.63, 3.8) is 0 Å². The molecule has 0 aliphatic carbocycles. The molecule has 1 unspecified atom stereocenters. The zero-order valence-electron chi connectivity index (χ0n) is 10.8. The van der Waals surface area contributed by atoms with Crippen LogP contribution in [0.2, 0.25) is 5.02 Å². The third-order valence-corrected chi connectivity index (χ3v) is 4.62. The van der Waals surface area contributed by atoms with Gasteiger partial charge in [0.1, 0.15) is 4.90 Å². The summed E-state index contributed by atoms with van der Waals surface area (Å²) in [5, 5.41) is 14.8. The minimum Gasteiger partial charge on any atom is -0.388 e. The van der Waals surface area contributed by atoms with E-state index in [0.29, 0.717) is 13.0 Å². The van der Waals surface area contributed by atoms with Gasteiger partial charge in [0.05, 0.1) is 10.6 Å². The molecule has 2 rings (SSSR count). The van der Waals surface area contributed by atoms with E-state index in [4.69, 9.17) is 16.7 Å². The number of carbonyl (C=O) groups excluding carboxylic acids is 1. The summed E-state index contributed by atoms with van der Waals surface area (Å²) in [6.45, 7) is 2.35. The Morgan fingerprint density at radius 3 is 2.60 bits per heavy atom. The number of hydrogen-bond acceptors (Lipinski definition) is 4. The standard InChI is InChI=1S/C12H15ClN2O4S/c1-12(17)4-5-15(7-12)11(16)8-2-3-10(9(13)6-8)20(14,18)19/h2-3,6,17H,4-5,7H2,1H3,(H2,14,18,19). The third kappa shape index (κ3) is 3.12. The number of nitrogens with two attached hydrogens (primary N) is 1. The number of amides is 1. The second-order valence-electron chi connectivity index (χ2n) is 5.16. The van der Waals surface area contributed by atoms with E-state index in [2.05, 4.69) is 0 Å². The highest BCUT2D eigenvalue weighted by molar-refractivity contribution is 7.89. The first-order chi connectivity index (χ1) is 9.10. The molecule has 1 heterocycles. The number of nitrogens with zero attached hydrogens (tertiary/aromatic N) is 1. The van der Waals surface area contributed by atoms with Crippen LogP contribution in [0.5, 0.6) is 0 Å². The van der Waals surface area contributed by atoms with E-state index in [0.717, 1.165) is 0 Å². The second kappa shape index (κ2) is 5.00. The Kier molecular flexibility index (Phi) is 3.81. The highest BCUT2D eigenvalue weighted by Crippen LogP contribution is 2.25. The number of carbonyl (C=O) groups is 1. The zero-order valence-corrected chi connectivity index (χ0v) is 12.4. The molecular weight excluding hydrogens is 304 g/mol. The van der Waals surface area contributed by atoms with Crippen molar-refractivity contribution in [1.82, 2.24) is 4.90 Å². The number of benzene rings is 1. The second-order valence-corrected chi connectivity index (χ2v) is 7.10. The molecule has 1 aliphatic rings. The number of rotatable bonds is 2. The van der Waals surface area contributed by atoms with Gasteiger partial charge in [0.15, 0.2) is 0 Å². The molecule has 8 heteroatoms. The molecule has 0 spiro atoms. The molecule has 1 fully saturated rings. The maximum atomic E-state index is 12.2. The van der Waals surface area contributed by atoms with Crippen molar-refractivity contribution in [3.05, 3.63) is 28.8 Å². The van der Waals surface area contributed by atoms with Gasteiger partial charge < -0.3 is 10.0 Å². The first kappa shape index (κ1) is 15.2. The molecule has 1 aliphatic heterocycles. The summed E-state index contributed by atoms with van der Waals surface area (Å²) in [5.74, 6) is -0.300. The van der Waals surface area contributed by atoms with Crippen molar-refractivity contribution in [2.24, 2.45) is 5.14 Å². The van der Waals surface area contributed by atoms with Crippen molar-refractivity contribution in [3.8, 4) is 0 Å². The Labute approximate surface area is 122 Å². The molecule has 6 nitrogen and oxygen atoms in total. The van der Waals surface area contributed by atoms with Crippen LogP contribution >= 0.6 is 11.6 Å². The lowest BCUT2D eigenvalue weighted by Gasteiger charge is -2.19. The molecule has 0 bridgehead atoms. The van der Waals surface area contributed by atoms with Crippen LogP contribution in [0.15, 0.2) is 23.1 Å². The van der Waals surface area contributed by atoms with Gasteiger partial charge in [-0.3, -0.25) is 4.79 Å². The summed E-state index contributed by atoms with van der Waals surface area (Å²) in [4.78, 5) is 13.5. The zero-order chi connectivity index (χ0) is 15.1. The Morgan fingerprint density at radius 1 is 1.50 bits per heavy atom. The lowest BCUT2D eigenvalue weighted by Crippen LogP contribution is -2.33. The largest absolute Gasteiger partial charge is 0.388 e. The van der Waals surface area contributed by atoms with E-state index in [1.807, 2.05) is 0 Å². The molecule has 0 aromatic heterocycles. The maximum Gasteiger partial charge on any atom is 0.254 e. The van der Waals surface area contributed by atoms with Crippen LogP contribution in [-0.2, 0) is 10.0 Å². The summed E-state index contributed by atoms with van der Waals surface area (Å²) in [7, 11) is -3.91. The summed E-state index contributed by atoms with van der Waals surface area (Å²) in [5.41, 5.74) is -0.625. The number of aliphatic hydroxyl groups is 1. The van der Waals surface area contributed by atoms with Crippen molar-refractivity contribution < 1.29 is 18.3 Å². The summed E-state index contributed by atoms with van der Waals surface area (Å²) < 4.78 is 22.5. The van der Waals surface area contributed by atoms with Gasteiger partial charge in [-0.1, -0.05) is 11.6 Å². The fourth-order valence-corrected chi connectivity index (χ4v) is 3.26. The van der Waals surface area contributed by atoms with Gasteiger partial charge in [0.25, 0.3) is 5.91 Å². The molecule has 1 saturated heterocycles. The van der Waals surface area contributed by atoms with Gasteiger partial charge in [0, 0.05) is 18.7 Å². The fraction of sp³-hybridized carbons (Fsp3) is 0.417. The molecule has 110 valence electrons. The summed E-state index contributed by atoms with van der Waals surface area (Å²) in [6.07, 6.45) is 0.502. The predicted molar refractivity (Wildman–Crippen MR) is 74.0 cm³/mol. The Hall–Kier alpha value is -1.15. The number of sulfonamides is 1. The lowest BCUT2D eigenvalue weighted by molar-refractivity contribution is 0.0572. The van der Waals surface area contributed by atoms with Crippen LogP contribution in [-0.4, -0.2) is 43.0 Å². The van der Waals surface area contributed by atoms with E-state index in [9.17, 15) is 18.3 Å². The van der Waals surface area contributed by atoms with Crippen LogP contribution in [0.4, 0.5) is 0 Å². The Morgan fingerprint density at radius 2 is 2.15 bits per heavy atom. The van der Waals surface area contributed by atoms with Crippen molar-refractivity contribution in [2.75, 3.05) is 13.1 Å². The van der Waals surface area contributed by atoms with Crippen molar-refractivity contribution in [1.29, 1.82) is 0 Å². The van der Waals surface area contributed by atoms with Crippen LogP contribution in [0.3, 0.4) is 0 Å². The molecule has 1 amide bonds. The molecular formula is C12H15ClN2O4S. The highest BCUT2D eigenvalue weighted by atomic mass is 35.5. The van der Waals surface area contributed by atoms with Crippen LogP contribution in [0.1, 0.15) is 23.7 Å². The molecule has 1 aromatic rings. The average Bonchev–Trinajstić information content (AvgIpc) is 2.67. The van der Waals surface area contributed by atoms with E-state index >= 15 is 0 Å². The SMILES string of the molecule is CC1(O)CCN(C(=O)c2ccc(S(N)(=O)=O)c(Cl)c2)C1. The maximum absolute atomic E-state index is 12.2. The molecule has 20 heavy (non-hydrogen) atoms. The van der Waals surface area contributed by atoms with Gasteiger partial charge in [-0.15, -0.1) is 0 Å². The number of likely N-dealkylation sites (tertiary alicyclic amines) is 1. The summed E-state index contributed by atoms with van der Waals surface area (Å²) >= 11 is 5.84. The van der Waals surface area contributed by atoms with Crippen LogP contribution in [0.25, 0.3) is 0 Å². The lowest BCUT2D eigenvalue weighted by atomic mass is 10.1. The third-order valence-electron chi connectivity index (χ3n) is 3.22. The van der Waals surface area contributed by atoms with Crippen LogP contribution in [0, 0.1) is 0 Å². The van der Waals surface area contributed by atoms with E-state index in [-0.39, 0.29) is 27.9 Å². The Balaban J connectivity index is 2.27. The van der Waals surface area contributed by atoms with E-state index in [1.54, 1.807) is 6.92 Å². The van der Waals surface area contributed by atoms with Crippen molar-refractivity contribution in [2.45, 2.75) is 23.8 Å². The van der Waals surface area contributed by atoms with E-state index in [1.165, 1.54) is 23.1 Å². The van der Waals surface area contributed by atoms with Gasteiger partial charge in [-0.25, -0.2) is 13.6 Å². The number of halogens is 1. The molecule has 1 atom stereocenters. The van der Waals surface area contributed by atoms with Gasteiger partial charge in [-0.2, -0.15) is 0 Å². The average molecular weight is 319 g/mol. The minimum absolute atomic E-state index is 0.0932. The quantitative estimate of drug-likeness (QED) is 0.833. The minimum atomic E-state index is -3.91. The molecule has 1 aromatic carbocycles. The first-order valence-corrected chi connectivity index (χ1v) is 7.87. The van der Waals surface area contributed by atoms with Gasteiger partial charge in [0.2, 0.25) is 10.0 Å². The van der Waals surface area contributed by atoms with Gasteiger partial charge >= 0.3 is 0 Å². The van der Waals surface area contributed by atoms with Crippen LogP contribution < -0.4 is 5.14 Å². The predicted octanol–water partition coefficient (Wildman–Crippen LogP) is 0.584. The van der Waals surface area contributed by atoms with Gasteiger partial charge in [-0.05, 0) is 31.5 Å². The molecule has 0 saturated carbocycles. The number of β-amino-alcohol motifs (C(OH)–C–C–N with tert-alkyl or cyclic N) is 1. The number of primary sulfonamides is 1. The number of hydrogen-bond donors (Lipinski definition) is 2. The molecule has 0 radical (unpaired) electrons. The normalized spacial score (nSPS) is 23.1. The highest BCUT2D eigenvalue weighted by Gasteiger charge is 2.34. The monoisotopic (exact) mass is 318 g/mol. The summed E-state index contributed by atoms with van der Waals surface area (Å²) in [6, 6.07) is 3.84. The van der Waals surface area contributed by atoms with E-state index < -0.39 is 15.6 Å². The molecule has 3 N–H and O–H groups in total. The smallest absolute Gasteiger partial charge is 0.254 e.